The zero-order chi connectivity index (χ0) is 13.5. The van der Waals surface area contributed by atoms with Gasteiger partial charge in [-0.3, -0.25) is 4.79 Å². The fourth-order valence-corrected chi connectivity index (χ4v) is 3.27. The van der Waals surface area contributed by atoms with E-state index in [1.807, 2.05) is 12.2 Å². The predicted molar refractivity (Wildman–Crippen MR) is 72.1 cm³/mol. The van der Waals surface area contributed by atoms with E-state index in [-0.39, 0.29) is 6.42 Å². The van der Waals surface area contributed by atoms with Crippen molar-refractivity contribution >= 4 is 11.7 Å². The molecule has 0 aromatic carbocycles. The number of carbonyl (C=O) groups is 1. The normalized spacial score (nSPS) is 28.7. The van der Waals surface area contributed by atoms with Gasteiger partial charge in [-0.05, 0) is 42.9 Å². The highest BCUT2D eigenvalue weighted by molar-refractivity contribution is 6.12. The number of aliphatic carboxylic acids is 1. The van der Waals surface area contributed by atoms with Crippen LogP contribution in [0.4, 0.5) is 0 Å². The topological polar surface area (TPSA) is 58.9 Å². The lowest BCUT2D eigenvalue weighted by Gasteiger charge is -2.36. The molecule has 1 aliphatic heterocycles. The molecule has 0 spiro atoms. The molecule has 0 bridgehead atoms. The number of fused-ring (bicyclic) bond motifs is 2. The maximum Gasteiger partial charge on any atom is 0.306 e. The van der Waals surface area contributed by atoms with Crippen molar-refractivity contribution in [3.05, 3.63) is 35.1 Å². The van der Waals surface area contributed by atoms with Crippen molar-refractivity contribution in [3.63, 3.8) is 0 Å². The lowest BCUT2D eigenvalue weighted by Crippen LogP contribution is -2.45. The largest absolute Gasteiger partial charge is 0.481 e. The Morgan fingerprint density at radius 3 is 3.11 bits per heavy atom. The number of aliphatic imine (C=N–C) groups is 1. The van der Waals surface area contributed by atoms with Crippen molar-refractivity contribution in [2.75, 3.05) is 7.11 Å². The second-order valence-electron chi connectivity index (χ2n) is 5.22. The molecule has 1 heterocycles. The molecule has 3 aliphatic rings. The van der Waals surface area contributed by atoms with Crippen LogP contribution in [0, 0.1) is 0 Å². The second-order valence-corrected chi connectivity index (χ2v) is 5.22. The summed E-state index contributed by atoms with van der Waals surface area (Å²) in [6.07, 6.45) is 9.66. The fraction of sp³-hybridized carbons (Fsp3) is 0.467. The van der Waals surface area contributed by atoms with E-state index in [1.165, 1.54) is 11.1 Å². The number of hydrogen-bond acceptors (Lipinski definition) is 3. The summed E-state index contributed by atoms with van der Waals surface area (Å²) in [5.41, 5.74) is 3.56. The molecule has 0 aromatic rings. The molecule has 0 radical (unpaired) electrons. The first-order valence-electron chi connectivity index (χ1n) is 6.62. The van der Waals surface area contributed by atoms with Gasteiger partial charge in [0, 0.05) is 7.11 Å². The van der Waals surface area contributed by atoms with Crippen LogP contribution in [0.25, 0.3) is 0 Å². The van der Waals surface area contributed by atoms with Crippen molar-refractivity contribution in [1.82, 2.24) is 0 Å². The molecule has 2 aliphatic carbocycles. The predicted octanol–water partition coefficient (Wildman–Crippen LogP) is 2.63. The molecule has 0 saturated heterocycles. The molecular weight excluding hydrogens is 242 g/mol. The monoisotopic (exact) mass is 259 g/mol. The van der Waals surface area contributed by atoms with Gasteiger partial charge in [-0.25, -0.2) is 4.99 Å². The summed E-state index contributed by atoms with van der Waals surface area (Å²) in [5, 5.41) is 9.16. The maximum absolute atomic E-state index is 11.2. The quantitative estimate of drug-likeness (QED) is 0.847. The molecule has 1 fully saturated rings. The van der Waals surface area contributed by atoms with Gasteiger partial charge < -0.3 is 9.84 Å². The summed E-state index contributed by atoms with van der Waals surface area (Å²) >= 11 is 0. The van der Waals surface area contributed by atoms with Crippen LogP contribution in [0.2, 0.25) is 0 Å². The van der Waals surface area contributed by atoms with E-state index in [1.54, 1.807) is 7.11 Å². The Hall–Kier alpha value is -1.68. The summed E-state index contributed by atoms with van der Waals surface area (Å²) in [7, 11) is 1.59. The Bertz CT molecular complexity index is 554. The number of hydrogen-bond donors (Lipinski definition) is 1. The number of methoxy groups -OCH3 is 1. The first kappa shape index (κ1) is 12.4. The van der Waals surface area contributed by atoms with E-state index >= 15 is 0 Å². The van der Waals surface area contributed by atoms with Crippen LogP contribution in [0.15, 0.2) is 40.1 Å². The minimum absolute atomic E-state index is 0.0141. The number of ether oxygens (including phenoxy) is 1. The van der Waals surface area contributed by atoms with Crippen LogP contribution in [0.5, 0.6) is 0 Å². The van der Waals surface area contributed by atoms with Gasteiger partial charge in [0.2, 0.25) is 0 Å². The third-order valence-electron chi connectivity index (χ3n) is 4.17. The zero-order valence-corrected chi connectivity index (χ0v) is 11.0. The van der Waals surface area contributed by atoms with Gasteiger partial charge in [-0.2, -0.15) is 0 Å². The molecule has 1 N–H and O–H groups in total. The van der Waals surface area contributed by atoms with E-state index < -0.39 is 11.6 Å². The Morgan fingerprint density at radius 1 is 1.53 bits per heavy atom. The summed E-state index contributed by atoms with van der Waals surface area (Å²) in [5.74, 6) is -0.835. The van der Waals surface area contributed by atoms with Gasteiger partial charge in [0.1, 0.15) is 5.60 Å². The summed E-state index contributed by atoms with van der Waals surface area (Å²) in [6, 6.07) is 0. The third kappa shape index (κ3) is 1.87. The Balaban J connectivity index is 2.06. The molecule has 19 heavy (non-hydrogen) atoms. The molecule has 0 aromatic heterocycles. The number of nitrogens with zero attached hydrogens (tertiary/aromatic N) is 1. The number of rotatable bonds is 3. The number of carboxylic acid groups (broad SMARTS) is 1. The van der Waals surface area contributed by atoms with Crippen LogP contribution in [0.1, 0.15) is 32.1 Å². The lowest BCUT2D eigenvalue weighted by molar-refractivity contribution is -0.141. The van der Waals surface area contributed by atoms with Gasteiger partial charge in [0.15, 0.2) is 0 Å². The maximum atomic E-state index is 11.2. The molecule has 1 atom stereocenters. The Kier molecular flexibility index (Phi) is 2.90. The van der Waals surface area contributed by atoms with Gasteiger partial charge in [-0.1, -0.05) is 12.2 Å². The SMILES string of the molecule is COC1(CC(=O)O)CCCC2=C3CC=CC=C3N=C21. The van der Waals surface area contributed by atoms with E-state index in [0.29, 0.717) is 0 Å². The second kappa shape index (κ2) is 4.46. The summed E-state index contributed by atoms with van der Waals surface area (Å²) in [6.45, 7) is 0. The van der Waals surface area contributed by atoms with E-state index in [9.17, 15) is 4.79 Å². The van der Waals surface area contributed by atoms with Crippen molar-refractivity contribution in [3.8, 4) is 0 Å². The molecule has 1 unspecified atom stereocenters. The van der Waals surface area contributed by atoms with Crippen LogP contribution in [-0.2, 0) is 9.53 Å². The molecule has 0 amide bonds. The molecule has 3 rings (SSSR count). The number of carboxylic acids is 1. The average molecular weight is 259 g/mol. The lowest BCUT2D eigenvalue weighted by atomic mass is 9.76. The van der Waals surface area contributed by atoms with Gasteiger partial charge in [-0.15, -0.1) is 0 Å². The van der Waals surface area contributed by atoms with E-state index in [4.69, 9.17) is 9.84 Å². The van der Waals surface area contributed by atoms with Crippen molar-refractivity contribution in [2.24, 2.45) is 4.99 Å². The highest BCUT2D eigenvalue weighted by atomic mass is 16.5. The Morgan fingerprint density at radius 2 is 2.37 bits per heavy atom. The fourth-order valence-electron chi connectivity index (χ4n) is 3.27. The minimum Gasteiger partial charge on any atom is -0.481 e. The third-order valence-corrected chi connectivity index (χ3v) is 4.17. The number of allylic oxidation sites excluding steroid dienone is 4. The van der Waals surface area contributed by atoms with Crippen molar-refractivity contribution in [2.45, 2.75) is 37.7 Å². The molecule has 100 valence electrons. The standard InChI is InChI=1S/C15H17NO3/c1-19-15(9-13(17)18)8-4-6-11-10-5-2-3-7-12(10)16-14(11)15/h2-3,7H,4-6,8-9H2,1H3,(H,17,18). The van der Waals surface area contributed by atoms with Crippen LogP contribution in [0.3, 0.4) is 0 Å². The first-order valence-corrected chi connectivity index (χ1v) is 6.62. The highest BCUT2D eigenvalue weighted by Crippen LogP contribution is 2.43. The van der Waals surface area contributed by atoms with E-state index in [0.717, 1.165) is 37.1 Å². The van der Waals surface area contributed by atoms with Gasteiger partial charge >= 0.3 is 5.97 Å². The summed E-state index contributed by atoms with van der Waals surface area (Å²) in [4.78, 5) is 15.8. The smallest absolute Gasteiger partial charge is 0.306 e. The van der Waals surface area contributed by atoms with E-state index in [2.05, 4.69) is 11.1 Å². The zero-order valence-electron chi connectivity index (χ0n) is 11.0. The van der Waals surface area contributed by atoms with Crippen LogP contribution in [-0.4, -0.2) is 29.5 Å². The molecular formula is C15H17NO3. The van der Waals surface area contributed by atoms with Crippen molar-refractivity contribution in [1.29, 1.82) is 0 Å². The molecule has 1 saturated carbocycles. The highest BCUT2D eigenvalue weighted by Gasteiger charge is 2.45. The first-order chi connectivity index (χ1) is 9.16. The molecule has 4 heteroatoms. The molecule has 4 nitrogen and oxygen atoms in total. The van der Waals surface area contributed by atoms with Gasteiger partial charge in [0.05, 0.1) is 17.8 Å². The van der Waals surface area contributed by atoms with Gasteiger partial charge in [0.25, 0.3) is 0 Å². The van der Waals surface area contributed by atoms with Crippen LogP contribution < -0.4 is 0 Å². The summed E-state index contributed by atoms with van der Waals surface area (Å²) < 4.78 is 5.62. The van der Waals surface area contributed by atoms with Crippen molar-refractivity contribution < 1.29 is 14.6 Å². The Labute approximate surface area is 112 Å². The van der Waals surface area contributed by atoms with Crippen LogP contribution >= 0.6 is 0 Å². The minimum atomic E-state index is -0.835. The average Bonchev–Trinajstić information content (AvgIpc) is 2.78.